The van der Waals surface area contributed by atoms with Gasteiger partial charge in [0.25, 0.3) is 5.91 Å². The van der Waals surface area contributed by atoms with Crippen molar-refractivity contribution in [2.75, 3.05) is 37.7 Å². The van der Waals surface area contributed by atoms with Crippen LogP contribution in [0.25, 0.3) is 0 Å². The van der Waals surface area contributed by atoms with Crippen LogP contribution in [0, 0.1) is 5.82 Å². The van der Waals surface area contributed by atoms with Gasteiger partial charge in [-0.05, 0) is 48.4 Å². The van der Waals surface area contributed by atoms with Gasteiger partial charge in [0.1, 0.15) is 5.82 Å². The van der Waals surface area contributed by atoms with Crippen molar-refractivity contribution in [2.24, 2.45) is 0 Å². The second kappa shape index (κ2) is 7.93. The number of rotatable bonds is 5. The topological polar surface area (TPSA) is 41.6 Å². The van der Waals surface area contributed by atoms with E-state index >= 15 is 0 Å². The summed E-state index contributed by atoms with van der Waals surface area (Å²) < 4.78 is 18.2. The molecule has 0 unspecified atom stereocenters. The lowest BCUT2D eigenvalue weighted by Crippen LogP contribution is -2.36. The number of morpholine rings is 1. The maximum absolute atomic E-state index is 12.8. The molecule has 1 aliphatic heterocycles. The van der Waals surface area contributed by atoms with E-state index in [1.54, 1.807) is 0 Å². The minimum Gasteiger partial charge on any atom is -0.378 e. The van der Waals surface area contributed by atoms with E-state index in [1.807, 2.05) is 0 Å². The number of hydrogen-bond donors (Lipinski definition) is 1. The summed E-state index contributed by atoms with van der Waals surface area (Å²) >= 11 is 0. The molecule has 0 atom stereocenters. The Labute approximate surface area is 141 Å². The van der Waals surface area contributed by atoms with Gasteiger partial charge in [-0.3, -0.25) is 4.79 Å². The minimum absolute atomic E-state index is 0.181. The van der Waals surface area contributed by atoms with Crippen LogP contribution in [0.3, 0.4) is 0 Å². The Kier molecular flexibility index (Phi) is 5.43. The Morgan fingerprint density at radius 3 is 2.38 bits per heavy atom. The van der Waals surface area contributed by atoms with Crippen molar-refractivity contribution in [3.05, 3.63) is 65.5 Å². The molecule has 0 aromatic heterocycles. The lowest BCUT2D eigenvalue weighted by Gasteiger charge is -2.28. The van der Waals surface area contributed by atoms with Gasteiger partial charge in [-0.2, -0.15) is 0 Å². The molecule has 0 spiro atoms. The van der Waals surface area contributed by atoms with Gasteiger partial charge in [-0.25, -0.2) is 4.39 Å². The number of anilines is 1. The van der Waals surface area contributed by atoms with Crippen LogP contribution in [0.15, 0.2) is 48.5 Å². The quantitative estimate of drug-likeness (QED) is 0.917. The van der Waals surface area contributed by atoms with E-state index in [-0.39, 0.29) is 11.7 Å². The van der Waals surface area contributed by atoms with Gasteiger partial charge < -0.3 is 15.0 Å². The molecule has 1 heterocycles. The van der Waals surface area contributed by atoms with Gasteiger partial charge in [0.2, 0.25) is 0 Å². The van der Waals surface area contributed by atoms with Gasteiger partial charge in [-0.15, -0.1) is 0 Å². The van der Waals surface area contributed by atoms with Gasteiger partial charge in [0.15, 0.2) is 0 Å². The van der Waals surface area contributed by atoms with Crippen LogP contribution in [-0.4, -0.2) is 38.8 Å². The molecular formula is C19H21FN2O2. The Balaban J connectivity index is 1.48. The highest BCUT2D eigenvalue weighted by Gasteiger charge is 2.10. The molecule has 4 nitrogen and oxygen atoms in total. The summed E-state index contributed by atoms with van der Waals surface area (Å²) in [6, 6.07) is 14.0. The maximum atomic E-state index is 12.8. The minimum atomic E-state index is -0.341. The third-order valence-electron chi connectivity index (χ3n) is 4.12. The predicted molar refractivity (Wildman–Crippen MR) is 91.9 cm³/mol. The van der Waals surface area contributed by atoms with Crippen LogP contribution >= 0.6 is 0 Å². The van der Waals surface area contributed by atoms with Crippen molar-refractivity contribution < 1.29 is 13.9 Å². The summed E-state index contributed by atoms with van der Waals surface area (Å²) in [4.78, 5) is 14.3. The highest BCUT2D eigenvalue weighted by molar-refractivity contribution is 5.94. The fraction of sp³-hybridized carbons (Fsp3) is 0.316. The number of benzene rings is 2. The molecule has 0 radical (unpaired) electrons. The summed E-state index contributed by atoms with van der Waals surface area (Å²) in [5.74, 6) is -0.521. The molecular weight excluding hydrogens is 307 g/mol. The fourth-order valence-corrected chi connectivity index (χ4v) is 2.72. The number of hydrogen-bond acceptors (Lipinski definition) is 3. The molecule has 5 heteroatoms. The van der Waals surface area contributed by atoms with Crippen molar-refractivity contribution in [3.8, 4) is 0 Å². The summed E-state index contributed by atoms with van der Waals surface area (Å²) in [5.41, 5.74) is 2.85. The van der Waals surface area contributed by atoms with Crippen molar-refractivity contribution in [3.63, 3.8) is 0 Å². The predicted octanol–water partition coefficient (Wildman–Crippen LogP) is 2.63. The van der Waals surface area contributed by atoms with Crippen LogP contribution in [0.5, 0.6) is 0 Å². The Morgan fingerprint density at radius 2 is 1.71 bits per heavy atom. The van der Waals surface area contributed by atoms with Crippen LogP contribution in [0.4, 0.5) is 10.1 Å². The SMILES string of the molecule is O=C(NCCc1ccc(N2CCOCC2)cc1)c1ccc(F)cc1. The molecule has 2 aromatic rings. The zero-order valence-corrected chi connectivity index (χ0v) is 13.5. The van der Waals surface area contributed by atoms with E-state index in [2.05, 4.69) is 34.5 Å². The van der Waals surface area contributed by atoms with E-state index < -0.39 is 0 Å². The molecule has 1 N–H and O–H groups in total. The molecule has 2 aromatic carbocycles. The van der Waals surface area contributed by atoms with E-state index in [4.69, 9.17) is 4.74 Å². The number of carbonyl (C=O) groups excluding carboxylic acids is 1. The lowest BCUT2D eigenvalue weighted by molar-refractivity contribution is 0.0954. The number of amides is 1. The fourth-order valence-electron chi connectivity index (χ4n) is 2.72. The highest BCUT2D eigenvalue weighted by Crippen LogP contribution is 2.16. The zero-order valence-electron chi connectivity index (χ0n) is 13.5. The maximum Gasteiger partial charge on any atom is 0.251 e. The molecule has 0 saturated carbocycles. The molecule has 24 heavy (non-hydrogen) atoms. The van der Waals surface area contributed by atoms with Gasteiger partial charge >= 0.3 is 0 Å². The molecule has 3 rings (SSSR count). The normalized spacial score (nSPS) is 14.5. The third kappa shape index (κ3) is 4.32. The summed E-state index contributed by atoms with van der Waals surface area (Å²) in [6.45, 7) is 3.95. The molecule has 0 bridgehead atoms. The first-order chi connectivity index (χ1) is 11.7. The largest absolute Gasteiger partial charge is 0.378 e. The standard InChI is InChI=1S/C19H21FN2O2/c20-17-5-3-16(4-6-17)19(23)21-10-9-15-1-7-18(8-2-15)22-11-13-24-14-12-22/h1-8H,9-14H2,(H,21,23). The number of nitrogens with zero attached hydrogens (tertiary/aromatic N) is 1. The summed E-state index contributed by atoms with van der Waals surface area (Å²) in [7, 11) is 0. The molecule has 126 valence electrons. The van der Waals surface area contributed by atoms with Gasteiger partial charge in [0, 0.05) is 30.9 Å². The third-order valence-corrected chi connectivity index (χ3v) is 4.12. The first-order valence-corrected chi connectivity index (χ1v) is 8.18. The molecule has 1 aliphatic rings. The van der Waals surface area contributed by atoms with Crippen molar-refractivity contribution in [2.45, 2.75) is 6.42 Å². The van der Waals surface area contributed by atoms with Crippen LogP contribution in [0.1, 0.15) is 15.9 Å². The Bertz CT molecular complexity index is 665. The summed E-state index contributed by atoms with van der Waals surface area (Å²) in [6.07, 6.45) is 0.760. The lowest BCUT2D eigenvalue weighted by atomic mass is 10.1. The summed E-state index contributed by atoms with van der Waals surface area (Å²) in [5, 5.41) is 2.86. The highest BCUT2D eigenvalue weighted by atomic mass is 19.1. The van der Waals surface area contributed by atoms with Crippen LogP contribution in [0.2, 0.25) is 0 Å². The monoisotopic (exact) mass is 328 g/mol. The van der Waals surface area contributed by atoms with Crippen LogP contribution < -0.4 is 10.2 Å². The average molecular weight is 328 g/mol. The zero-order chi connectivity index (χ0) is 16.8. The van der Waals surface area contributed by atoms with E-state index in [0.717, 1.165) is 32.7 Å². The Morgan fingerprint density at radius 1 is 1.04 bits per heavy atom. The van der Waals surface area contributed by atoms with Crippen molar-refractivity contribution in [1.82, 2.24) is 5.32 Å². The average Bonchev–Trinajstić information content (AvgIpc) is 2.63. The second-order valence-corrected chi connectivity index (χ2v) is 5.78. The van der Waals surface area contributed by atoms with E-state index in [9.17, 15) is 9.18 Å². The number of ether oxygens (including phenoxy) is 1. The van der Waals surface area contributed by atoms with Crippen molar-refractivity contribution in [1.29, 1.82) is 0 Å². The molecule has 0 aliphatic carbocycles. The first-order valence-electron chi connectivity index (χ1n) is 8.18. The Hall–Kier alpha value is -2.40. The number of nitrogens with one attached hydrogen (secondary N) is 1. The second-order valence-electron chi connectivity index (χ2n) is 5.78. The first kappa shape index (κ1) is 16.5. The smallest absolute Gasteiger partial charge is 0.251 e. The van der Waals surface area contributed by atoms with Crippen molar-refractivity contribution >= 4 is 11.6 Å². The molecule has 1 saturated heterocycles. The van der Waals surface area contributed by atoms with Gasteiger partial charge in [0.05, 0.1) is 13.2 Å². The number of halogens is 1. The number of carbonyl (C=O) groups is 1. The van der Waals surface area contributed by atoms with Crippen LogP contribution in [-0.2, 0) is 11.2 Å². The van der Waals surface area contributed by atoms with Gasteiger partial charge in [-0.1, -0.05) is 12.1 Å². The molecule has 1 amide bonds. The van der Waals surface area contributed by atoms with E-state index in [1.165, 1.54) is 35.5 Å². The van der Waals surface area contributed by atoms with E-state index in [0.29, 0.717) is 12.1 Å². The molecule has 1 fully saturated rings.